The van der Waals surface area contributed by atoms with Crippen molar-refractivity contribution in [2.45, 2.75) is 45.8 Å². The highest BCUT2D eigenvalue weighted by molar-refractivity contribution is 5.89. The van der Waals surface area contributed by atoms with E-state index >= 15 is 0 Å². The maximum Gasteiger partial charge on any atom is 0.335 e. The zero-order chi connectivity index (χ0) is 20.1. The van der Waals surface area contributed by atoms with E-state index in [2.05, 4.69) is 5.32 Å². The number of carboxylic acids is 1. The predicted octanol–water partition coefficient (Wildman–Crippen LogP) is 3.36. The van der Waals surface area contributed by atoms with E-state index in [9.17, 15) is 14.7 Å². The van der Waals surface area contributed by atoms with Gasteiger partial charge >= 0.3 is 5.97 Å². The van der Waals surface area contributed by atoms with Crippen LogP contribution in [0.1, 0.15) is 47.3 Å². The Hall–Kier alpha value is -3.02. The van der Waals surface area contributed by atoms with Gasteiger partial charge < -0.3 is 19.9 Å². The largest absolute Gasteiger partial charge is 0.494 e. The zero-order valence-corrected chi connectivity index (χ0v) is 16.2. The van der Waals surface area contributed by atoms with Crippen LogP contribution in [-0.4, -0.2) is 29.7 Å². The number of carboxylic acid groups (broad SMARTS) is 1. The van der Waals surface area contributed by atoms with E-state index in [0.29, 0.717) is 25.1 Å². The summed E-state index contributed by atoms with van der Waals surface area (Å²) in [7, 11) is 0. The lowest BCUT2D eigenvalue weighted by atomic mass is 10.0. The Morgan fingerprint density at radius 2 is 2.04 bits per heavy atom. The van der Waals surface area contributed by atoms with Gasteiger partial charge in [0.25, 0.3) is 0 Å². The number of ether oxygens (including phenoxy) is 2. The maximum atomic E-state index is 12.3. The van der Waals surface area contributed by atoms with Crippen LogP contribution in [0, 0.1) is 0 Å². The highest BCUT2D eigenvalue weighted by Gasteiger charge is 2.22. The number of carbonyl (C=O) groups excluding carboxylic acids is 1. The Morgan fingerprint density at radius 1 is 1.25 bits per heavy atom. The van der Waals surface area contributed by atoms with Crippen molar-refractivity contribution in [2.24, 2.45) is 0 Å². The summed E-state index contributed by atoms with van der Waals surface area (Å²) in [5, 5.41) is 12.1. The van der Waals surface area contributed by atoms with Crippen molar-refractivity contribution in [1.29, 1.82) is 0 Å². The number of nitrogens with one attached hydrogen (secondary N) is 1. The summed E-state index contributed by atoms with van der Waals surface area (Å²) in [6.07, 6.45) is 1.58. The van der Waals surface area contributed by atoms with Crippen LogP contribution < -0.4 is 14.8 Å². The maximum absolute atomic E-state index is 12.3. The van der Waals surface area contributed by atoms with Gasteiger partial charge in [-0.1, -0.05) is 18.2 Å². The first kappa shape index (κ1) is 19.7. The monoisotopic (exact) mass is 383 g/mol. The molecule has 0 saturated heterocycles. The Balaban J connectivity index is 1.62. The second kappa shape index (κ2) is 8.78. The second-order valence-electron chi connectivity index (χ2n) is 6.87. The minimum absolute atomic E-state index is 0.141. The third-order valence-electron chi connectivity index (χ3n) is 4.72. The number of hydrogen-bond acceptors (Lipinski definition) is 4. The molecule has 1 aliphatic rings. The van der Waals surface area contributed by atoms with Crippen molar-refractivity contribution >= 4 is 11.9 Å². The van der Waals surface area contributed by atoms with Crippen molar-refractivity contribution in [3.05, 3.63) is 58.7 Å². The summed E-state index contributed by atoms with van der Waals surface area (Å²) in [5.41, 5.74) is 2.88. The van der Waals surface area contributed by atoms with E-state index in [-0.39, 0.29) is 24.0 Å². The Kier molecular flexibility index (Phi) is 6.19. The SMILES string of the molecule is CCOc1cc2c(cc1CNC(=O)CCc1ccccc1C(=O)O)OC(C)C2. The molecule has 0 fully saturated rings. The van der Waals surface area contributed by atoms with Gasteiger partial charge in [-0.2, -0.15) is 0 Å². The molecule has 0 aliphatic carbocycles. The summed E-state index contributed by atoms with van der Waals surface area (Å²) in [6.45, 7) is 4.83. The molecule has 0 aromatic heterocycles. The second-order valence-corrected chi connectivity index (χ2v) is 6.87. The molecule has 1 unspecified atom stereocenters. The van der Waals surface area contributed by atoms with Crippen LogP contribution in [0.2, 0.25) is 0 Å². The first-order chi connectivity index (χ1) is 13.5. The van der Waals surface area contributed by atoms with Crippen molar-refractivity contribution in [2.75, 3.05) is 6.61 Å². The number of hydrogen-bond donors (Lipinski definition) is 2. The number of benzene rings is 2. The third-order valence-corrected chi connectivity index (χ3v) is 4.72. The highest BCUT2D eigenvalue weighted by atomic mass is 16.5. The van der Waals surface area contributed by atoms with Gasteiger partial charge in [0, 0.05) is 30.5 Å². The summed E-state index contributed by atoms with van der Waals surface area (Å²) >= 11 is 0. The van der Waals surface area contributed by atoms with Crippen molar-refractivity contribution in [3.8, 4) is 11.5 Å². The van der Waals surface area contributed by atoms with Gasteiger partial charge in [0.2, 0.25) is 5.91 Å². The first-order valence-corrected chi connectivity index (χ1v) is 9.51. The zero-order valence-electron chi connectivity index (χ0n) is 16.2. The number of fused-ring (bicyclic) bond motifs is 1. The number of rotatable bonds is 8. The van der Waals surface area contributed by atoms with Crippen LogP contribution >= 0.6 is 0 Å². The molecule has 1 aliphatic heterocycles. The van der Waals surface area contributed by atoms with E-state index < -0.39 is 5.97 Å². The summed E-state index contributed by atoms with van der Waals surface area (Å²) in [6, 6.07) is 10.7. The molecule has 148 valence electrons. The minimum Gasteiger partial charge on any atom is -0.494 e. The van der Waals surface area contributed by atoms with Crippen LogP contribution in [0.4, 0.5) is 0 Å². The molecule has 2 aromatic carbocycles. The van der Waals surface area contributed by atoms with Gasteiger partial charge in [-0.05, 0) is 44.0 Å². The molecular weight excluding hydrogens is 358 g/mol. The van der Waals surface area contributed by atoms with Gasteiger partial charge in [0.15, 0.2) is 0 Å². The van der Waals surface area contributed by atoms with E-state index in [0.717, 1.165) is 29.0 Å². The van der Waals surface area contributed by atoms with E-state index in [4.69, 9.17) is 9.47 Å². The Morgan fingerprint density at radius 3 is 2.79 bits per heavy atom. The fourth-order valence-corrected chi connectivity index (χ4v) is 3.39. The van der Waals surface area contributed by atoms with Crippen LogP contribution in [0.3, 0.4) is 0 Å². The normalized spacial score (nSPS) is 14.9. The fraction of sp³-hybridized carbons (Fsp3) is 0.364. The topological polar surface area (TPSA) is 84.9 Å². The summed E-state index contributed by atoms with van der Waals surface area (Å²) in [4.78, 5) is 23.6. The summed E-state index contributed by atoms with van der Waals surface area (Å²) < 4.78 is 11.5. The molecule has 6 heteroatoms. The van der Waals surface area contributed by atoms with Crippen molar-refractivity contribution < 1.29 is 24.2 Å². The van der Waals surface area contributed by atoms with Crippen LogP contribution in [0.25, 0.3) is 0 Å². The molecule has 1 atom stereocenters. The van der Waals surface area contributed by atoms with Gasteiger partial charge in [-0.3, -0.25) is 4.79 Å². The van der Waals surface area contributed by atoms with Gasteiger partial charge in [-0.15, -0.1) is 0 Å². The van der Waals surface area contributed by atoms with Crippen LogP contribution in [-0.2, 0) is 24.2 Å². The van der Waals surface area contributed by atoms with E-state index in [1.54, 1.807) is 24.3 Å². The molecule has 28 heavy (non-hydrogen) atoms. The quantitative estimate of drug-likeness (QED) is 0.730. The highest BCUT2D eigenvalue weighted by Crippen LogP contribution is 2.35. The smallest absolute Gasteiger partial charge is 0.335 e. The molecule has 3 rings (SSSR count). The van der Waals surface area contributed by atoms with Crippen LogP contribution in [0.5, 0.6) is 11.5 Å². The average Bonchev–Trinajstić information content (AvgIpc) is 3.03. The first-order valence-electron chi connectivity index (χ1n) is 9.51. The Bertz CT molecular complexity index is 877. The molecule has 0 radical (unpaired) electrons. The molecule has 1 amide bonds. The number of carbonyl (C=O) groups is 2. The lowest BCUT2D eigenvalue weighted by Gasteiger charge is -2.13. The average molecular weight is 383 g/mol. The molecule has 0 spiro atoms. The fourth-order valence-electron chi connectivity index (χ4n) is 3.39. The van der Waals surface area contributed by atoms with Crippen LogP contribution in [0.15, 0.2) is 36.4 Å². The van der Waals surface area contributed by atoms with Gasteiger partial charge in [0.05, 0.1) is 12.2 Å². The lowest BCUT2D eigenvalue weighted by Crippen LogP contribution is -2.23. The van der Waals surface area contributed by atoms with Gasteiger partial charge in [0.1, 0.15) is 17.6 Å². The van der Waals surface area contributed by atoms with E-state index in [1.165, 1.54) is 0 Å². The minimum atomic E-state index is -0.982. The predicted molar refractivity (Wildman–Crippen MR) is 105 cm³/mol. The third kappa shape index (κ3) is 4.63. The number of aromatic carboxylic acids is 1. The van der Waals surface area contributed by atoms with Crippen molar-refractivity contribution in [3.63, 3.8) is 0 Å². The molecule has 2 N–H and O–H groups in total. The molecule has 2 aromatic rings. The van der Waals surface area contributed by atoms with Crippen molar-refractivity contribution in [1.82, 2.24) is 5.32 Å². The van der Waals surface area contributed by atoms with E-state index in [1.807, 2.05) is 26.0 Å². The number of aryl methyl sites for hydroxylation is 1. The van der Waals surface area contributed by atoms with Gasteiger partial charge in [-0.25, -0.2) is 4.79 Å². The molecule has 0 bridgehead atoms. The molecule has 0 saturated carbocycles. The summed E-state index contributed by atoms with van der Waals surface area (Å²) in [5.74, 6) is 0.480. The molecule has 1 heterocycles. The lowest BCUT2D eigenvalue weighted by molar-refractivity contribution is -0.121. The molecule has 6 nitrogen and oxygen atoms in total. The number of amides is 1. The Labute approximate surface area is 164 Å². The standard InChI is InChI=1S/C22H25NO5/c1-3-27-19-11-16-10-14(2)28-20(16)12-17(19)13-23-21(24)9-8-15-6-4-5-7-18(15)22(25)26/h4-7,11-12,14H,3,8-10,13H2,1-2H3,(H,23,24)(H,25,26). The molecular formula is C22H25NO5.